The Labute approximate surface area is 734 Å². The number of hydrogen-bond acceptors (Lipinski definition) is 28. The van der Waals surface area contributed by atoms with Crippen LogP contribution in [0.25, 0.3) is 32.6 Å². The van der Waals surface area contributed by atoms with Gasteiger partial charge in [-0.05, 0) is 100 Å². The highest BCUT2D eigenvalue weighted by atomic mass is 32.2. The van der Waals surface area contributed by atoms with Gasteiger partial charge in [-0.1, -0.05) is 48.4 Å². The number of carbonyl (C=O) groups excluding carboxylic acids is 8. The topological polar surface area (TPSA) is 430 Å². The normalized spacial score (nSPS) is 16.2. The third kappa shape index (κ3) is 29.7. The summed E-state index contributed by atoms with van der Waals surface area (Å²) in [4.78, 5) is 107. The van der Waals surface area contributed by atoms with Crippen LogP contribution in [0.4, 0.5) is 10.5 Å². The summed E-state index contributed by atoms with van der Waals surface area (Å²) < 4.78 is 160. The summed E-state index contributed by atoms with van der Waals surface area (Å²) in [7, 11) is -13.6. The number of sulfonamides is 2. The van der Waals surface area contributed by atoms with Crippen molar-refractivity contribution in [3.63, 3.8) is 0 Å². The van der Waals surface area contributed by atoms with Crippen molar-refractivity contribution in [3.8, 4) is 0 Å². The first-order chi connectivity index (χ1) is 60.3. The van der Waals surface area contributed by atoms with Crippen molar-refractivity contribution in [2.45, 2.75) is 137 Å². The summed E-state index contributed by atoms with van der Waals surface area (Å²) >= 11 is 1.90. The second-order valence-corrected chi connectivity index (χ2v) is 37.4. The van der Waals surface area contributed by atoms with Crippen molar-refractivity contribution in [1.82, 2.24) is 29.0 Å². The minimum atomic E-state index is -5.16. The lowest BCUT2D eigenvalue weighted by molar-refractivity contribution is -0.645. The number of nitrogens with zero attached hydrogens (tertiary/aromatic N) is 5. The highest BCUT2D eigenvalue weighted by molar-refractivity contribution is 8.00. The van der Waals surface area contributed by atoms with Gasteiger partial charge in [0.1, 0.15) is 34.0 Å². The van der Waals surface area contributed by atoms with Crippen molar-refractivity contribution in [3.05, 3.63) is 119 Å². The molecule has 3 atom stereocenters. The summed E-state index contributed by atoms with van der Waals surface area (Å²) in [6.07, 6.45) is 6.65. The summed E-state index contributed by atoms with van der Waals surface area (Å²) in [5.74, 6) is -2.49. The number of pyridine rings is 1. The maximum absolute atomic E-state index is 15.3. The van der Waals surface area contributed by atoms with Crippen LogP contribution >= 0.6 is 11.8 Å². The first kappa shape index (κ1) is 99.0. The summed E-state index contributed by atoms with van der Waals surface area (Å²) in [6.45, 7) is 10.8. The number of rotatable bonds is 62. The van der Waals surface area contributed by atoms with Crippen LogP contribution in [0.3, 0.4) is 0 Å². The second-order valence-electron chi connectivity index (χ2n) is 30.8. The van der Waals surface area contributed by atoms with Crippen LogP contribution in [0, 0.1) is 13.8 Å². The number of thioether (sulfide) groups is 1. The lowest BCUT2D eigenvalue weighted by atomic mass is 9.91. The molecule has 5 aromatic carbocycles. The number of hydrogen-bond donors (Lipinski definition) is 3. The largest absolute Gasteiger partial charge is 0.744 e. The first-order valence-corrected chi connectivity index (χ1v) is 48.3. The monoisotopic (exact) mass is 1820 g/mol. The SMILES string of the molecule is Cc1ccc(S(=O)(=O)N(CCCC(=O)CCCOCCOCCOCCOCCC(=O)CCCOCCOCCOCCOCCOCCOCCOCCCC(=O)CCCCC2SCC3NC(=O)NC32)C(=O)c2c3ccccc3[n+](CCCS(=O)(=O)N3CCN(C(=O)CN4C(=O)c5cc(C)cc6c(N)c(S(=O)(=O)[O-])cc(c56)C4=O)CC3)c3ccccc23)cc1. The van der Waals surface area contributed by atoms with Crippen LogP contribution in [-0.2, 0) is 108 Å². The number of fused-ring (bicyclic) bond motifs is 3. The van der Waals surface area contributed by atoms with E-state index in [4.69, 9.17) is 57.8 Å². The number of Topliss-reactive ketones (excluding diaryl/α,β-unsaturated/α-hetero) is 3. The maximum Gasteiger partial charge on any atom is 0.315 e. The zero-order valence-electron chi connectivity index (χ0n) is 71.3. The number of nitrogens with two attached hydrogens (primary N) is 1. The van der Waals surface area contributed by atoms with Crippen LogP contribution < -0.4 is 20.9 Å². The fraction of sp³-hybridized carbons (Fsp3) is 0.575. The quantitative estimate of drug-likeness (QED) is 0.00683. The summed E-state index contributed by atoms with van der Waals surface area (Å²) in [6, 6.07) is 24.1. The molecular formula is C87H118N8O26S4. The first-order valence-electron chi connectivity index (χ1n) is 42.8. The van der Waals surface area contributed by atoms with Crippen molar-refractivity contribution in [1.29, 1.82) is 0 Å². The Bertz CT molecular complexity index is 4930. The van der Waals surface area contributed by atoms with Gasteiger partial charge in [0, 0.05) is 137 Å². The predicted octanol–water partition coefficient (Wildman–Crippen LogP) is 6.65. The molecule has 4 aliphatic rings. The van der Waals surface area contributed by atoms with Crippen molar-refractivity contribution >= 4 is 127 Å². The van der Waals surface area contributed by atoms with Gasteiger partial charge in [0.2, 0.25) is 27.0 Å². The van der Waals surface area contributed by atoms with Gasteiger partial charge in [0.25, 0.3) is 27.7 Å². The Morgan fingerprint density at radius 2 is 0.968 bits per heavy atom. The van der Waals surface area contributed by atoms with E-state index in [1.807, 2.05) is 23.3 Å². The van der Waals surface area contributed by atoms with Crippen LogP contribution in [0.15, 0.2) is 101 Å². The Morgan fingerprint density at radius 1 is 0.512 bits per heavy atom. The number of unbranched alkanes of at least 4 members (excludes halogenated alkanes) is 1. The predicted molar refractivity (Wildman–Crippen MR) is 464 cm³/mol. The Kier molecular flexibility index (Phi) is 40.1. The number of imide groups is 1. The van der Waals surface area contributed by atoms with E-state index in [1.54, 1.807) is 67.6 Å². The zero-order valence-corrected chi connectivity index (χ0v) is 74.5. The van der Waals surface area contributed by atoms with Crippen LogP contribution in [0.1, 0.15) is 132 Å². The minimum absolute atomic E-state index is 0.0125. The fourth-order valence-electron chi connectivity index (χ4n) is 15.2. The Hall–Kier alpha value is -8.13. The number of carbonyl (C=O) groups is 8. The van der Waals surface area contributed by atoms with Crippen molar-refractivity contribution in [2.75, 3.05) is 202 Å². The molecule has 0 bridgehead atoms. The third-order valence-electron chi connectivity index (χ3n) is 21.7. The van der Waals surface area contributed by atoms with Gasteiger partial charge in [-0.15, -0.1) is 0 Å². The lowest BCUT2D eigenvalue weighted by Gasteiger charge is -2.35. The molecule has 4 N–H and O–H groups in total. The standard InChI is InChI=1S/C87H118N8O26S4/c1-63-24-26-68(27-25-63)124(106,107)95(86(102)81-69-19-4-6-21-75(69)93(76-22-7-5-20-70(76)81)29-13-57-123(104,105)92-33-31-91(32-34-92)79(99)61-94-84(100)72-59-64(2)58-71-80(72)73(85(94)101)60-78(82(71)88)125(108,109)110)30-9-15-66(97)17-11-36-112-40-44-115-47-50-118-46-42-114-38-28-67(98)18-12-37-113-41-45-117-49-52-120-54-56-121-55-53-119-51-48-116-43-39-111-35-10-16-65(96)14-3-8-23-77-83-74(62-122-77)89-87(103)90-83/h4-7,19-22,24-27,58-60,74,77,83H,3,8-18,23,28-57,61-62H2,1-2H3,(H4-,88,89,90,100,101,103,108,109,110). The molecular weight excluding hydrogens is 1700 g/mol. The van der Waals surface area contributed by atoms with Crippen LogP contribution in [0.2, 0.25) is 0 Å². The number of piperazine rings is 1. The molecule has 0 aliphatic carbocycles. The van der Waals surface area contributed by atoms with Crippen LogP contribution in [-0.4, -0.2) is 309 Å². The highest BCUT2D eigenvalue weighted by Crippen LogP contribution is 2.39. The molecule has 3 fully saturated rings. The molecule has 38 heteroatoms. The molecule has 3 unspecified atom stereocenters. The van der Waals surface area contributed by atoms with Crippen molar-refractivity contribution < 1.29 is 125 Å². The molecule has 0 saturated carbocycles. The number of nitrogen functional groups attached to an aromatic ring is 1. The van der Waals surface area contributed by atoms with E-state index in [-0.39, 0.29) is 158 Å². The van der Waals surface area contributed by atoms with Gasteiger partial charge in [0.15, 0.2) is 6.54 Å². The molecule has 1 aromatic heterocycles. The molecule has 686 valence electrons. The molecule has 6 aromatic rings. The number of benzene rings is 5. The zero-order chi connectivity index (χ0) is 89.1. The van der Waals surface area contributed by atoms with Gasteiger partial charge < -0.3 is 77.9 Å². The number of para-hydroxylation sites is 2. The average Bonchev–Trinajstić information content (AvgIpc) is 1.16. The van der Waals surface area contributed by atoms with Gasteiger partial charge in [-0.25, -0.2) is 34.4 Å². The molecule has 34 nitrogen and oxygen atoms in total. The van der Waals surface area contributed by atoms with E-state index in [2.05, 4.69) is 10.6 Å². The van der Waals surface area contributed by atoms with E-state index in [1.165, 1.54) is 33.5 Å². The number of ether oxygens (including phenoxy) is 11. The smallest absolute Gasteiger partial charge is 0.315 e. The van der Waals surface area contributed by atoms with Crippen LogP contribution in [0.5, 0.6) is 0 Å². The fourth-order valence-corrected chi connectivity index (χ4v) is 20.3. The van der Waals surface area contributed by atoms with E-state index in [0.29, 0.717) is 208 Å². The van der Waals surface area contributed by atoms with Gasteiger partial charge >= 0.3 is 6.03 Å². The summed E-state index contributed by atoms with van der Waals surface area (Å²) in [5, 5.41) is 7.30. The van der Waals surface area contributed by atoms with Gasteiger partial charge in [-0.3, -0.25) is 38.5 Å². The number of urea groups is 1. The maximum atomic E-state index is 15.3. The molecule has 125 heavy (non-hydrogen) atoms. The second kappa shape index (κ2) is 50.6. The minimum Gasteiger partial charge on any atom is -0.744 e. The molecule has 0 radical (unpaired) electrons. The van der Waals surface area contributed by atoms with Gasteiger partial charge in [-0.2, -0.15) is 20.6 Å². The lowest BCUT2D eigenvalue weighted by Crippen LogP contribution is -2.54. The number of amides is 6. The highest BCUT2D eigenvalue weighted by Gasteiger charge is 2.43. The number of anilines is 1. The Morgan fingerprint density at radius 3 is 1.47 bits per heavy atom. The van der Waals surface area contributed by atoms with E-state index in [0.717, 1.165) is 41.0 Å². The third-order valence-corrected chi connectivity index (χ3v) is 27.8. The van der Waals surface area contributed by atoms with E-state index in [9.17, 15) is 63.4 Å². The number of aryl methyl sites for hydroxylation is 3. The van der Waals surface area contributed by atoms with Crippen molar-refractivity contribution in [2.24, 2.45) is 0 Å². The van der Waals surface area contributed by atoms with E-state index >= 15 is 4.79 Å². The molecule has 10 rings (SSSR count). The molecule has 3 saturated heterocycles. The summed E-state index contributed by atoms with van der Waals surface area (Å²) in [5.41, 5.74) is 7.79. The van der Waals surface area contributed by atoms with Gasteiger partial charge in [0.05, 0.1) is 181 Å². The number of ketones is 3. The molecule has 0 spiro atoms. The number of nitrogens with one attached hydrogen (secondary N) is 2. The Balaban J connectivity index is 0.520. The number of aromatic nitrogens is 1. The molecule has 4 aliphatic heterocycles. The average molecular weight is 1820 g/mol. The molecule has 6 amide bonds. The molecule has 5 heterocycles. The van der Waals surface area contributed by atoms with E-state index < -0.39 is 70.9 Å².